The van der Waals surface area contributed by atoms with Crippen LogP contribution in [0.4, 0.5) is 0 Å². The molecule has 2 bridgehead atoms. The van der Waals surface area contributed by atoms with Gasteiger partial charge in [0.25, 0.3) is 0 Å². The molecule has 6 aromatic rings. The van der Waals surface area contributed by atoms with Gasteiger partial charge in [-0.25, -0.2) is 0 Å². The number of rotatable bonds is 1. The van der Waals surface area contributed by atoms with E-state index in [1.165, 1.54) is 25.3 Å². The van der Waals surface area contributed by atoms with E-state index in [4.69, 9.17) is 4.74 Å². The summed E-state index contributed by atoms with van der Waals surface area (Å²) in [6.07, 6.45) is 0. The van der Waals surface area contributed by atoms with Gasteiger partial charge in [0.1, 0.15) is 11.5 Å². The molecule has 6 rings (SSSR count). The normalized spacial score (nSPS) is 11.9. The van der Waals surface area contributed by atoms with E-state index in [2.05, 4.69) is 0 Å². The van der Waals surface area contributed by atoms with E-state index in [1.807, 2.05) is 24.3 Å². The van der Waals surface area contributed by atoms with Crippen molar-refractivity contribution in [3.8, 4) is 17.2 Å². The number of aromatic hydroxyl groups is 2. The van der Waals surface area contributed by atoms with Crippen LogP contribution in [0.2, 0.25) is 0 Å². The fourth-order valence-corrected chi connectivity index (χ4v) is 4.05. The first-order chi connectivity index (χ1) is 12.5. The van der Waals surface area contributed by atoms with Crippen molar-refractivity contribution < 1.29 is 14.9 Å². The summed E-state index contributed by atoms with van der Waals surface area (Å²) in [6.45, 7) is 0. The van der Waals surface area contributed by atoms with Gasteiger partial charge in [-0.15, -0.1) is 0 Å². The maximum absolute atomic E-state index is 13.0. The van der Waals surface area contributed by atoms with Crippen LogP contribution in [0, 0.1) is 0 Å². The zero-order valence-corrected chi connectivity index (χ0v) is 13.7. The summed E-state index contributed by atoms with van der Waals surface area (Å²) in [6, 6.07) is 11.3. The molecule has 0 saturated carbocycles. The lowest BCUT2D eigenvalue weighted by molar-refractivity contribution is 0.411. The number of phenolic OH excluding ortho intramolecular Hbond substituents is 2. The fraction of sp³-hybridized carbons (Fsp3) is 0.0476. The van der Waals surface area contributed by atoms with Crippen LogP contribution in [0.5, 0.6) is 17.2 Å². The average Bonchev–Trinajstić information content (AvgIpc) is 2.66. The zero-order valence-electron chi connectivity index (χ0n) is 13.7. The molecular weight excluding hydrogens is 332 g/mol. The van der Waals surface area contributed by atoms with Gasteiger partial charge in [-0.1, -0.05) is 24.3 Å². The number of methoxy groups -OCH3 is 1. The third-order valence-corrected chi connectivity index (χ3v) is 5.06. The van der Waals surface area contributed by atoms with E-state index < -0.39 is 5.43 Å². The number of hydrogen-bond donors (Lipinski definition) is 2. The molecular formula is C21H12O5. The van der Waals surface area contributed by atoms with Gasteiger partial charge in [-0.3, -0.25) is 9.59 Å². The molecule has 0 aromatic heterocycles. The van der Waals surface area contributed by atoms with Crippen LogP contribution in [-0.4, -0.2) is 17.3 Å². The molecule has 6 aromatic carbocycles. The van der Waals surface area contributed by atoms with Gasteiger partial charge in [0.15, 0.2) is 11.2 Å². The fourth-order valence-electron chi connectivity index (χ4n) is 4.05. The second kappa shape index (κ2) is 4.73. The van der Waals surface area contributed by atoms with Crippen molar-refractivity contribution in [1.82, 2.24) is 0 Å². The molecule has 0 radical (unpaired) electrons. The minimum atomic E-state index is -0.405. The number of benzene rings is 6. The predicted octanol–water partition coefficient (Wildman–Crippen LogP) is 3.32. The molecule has 0 heterocycles. The molecule has 0 spiro atoms. The molecule has 0 atom stereocenters. The van der Waals surface area contributed by atoms with Crippen LogP contribution >= 0.6 is 0 Å². The predicted molar refractivity (Wildman–Crippen MR) is 101 cm³/mol. The maximum Gasteiger partial charge on any atom is 0.229 e. The van der Waals surface area contributed by atoms with E-state index in [9.17, 15) is 19.8 Å². The van der Waals surface area contributed by atoms with Crippen molar-refractivity contribution in [2.75, 3.05) is 7.11 Å². The Labute approximate surface area is 146 Å². The van der Waals surface area contributed by atoms with Crippen LogP contribution in [-0.2, 0) is 0 Å². The van der Waals surface area contributed by atoms with Gasteiger partial charge in [0, 0.05) is 38.4 Å². The van der Waals surface area contributed by atoms with Crippen molar-refractivity contribution in [1.29, 1.82) is 0 Å². The second-order valence-corrected chi connectivity index (χ2v) is 6.31. The maximum atomic E-state index is 13.0. The Hall–Kier alpha value is -3.60. The molecule has 0 aliphatic carbocycles. The molecule has 0 saturated heterocycles. The highest BCUT2D eigenvalue weighted by atomic mass is 16.5. The molecule has 0 fully saturated rings. The first-order valence-electron chi connectivity index (χ1n) is 8.03. The first kappa shape index (κ1) is 14.7. The molecule has 0 unspecified atom stereocenters. The van der Waals surface area contributed by atoms with Crippen LogP contribution < -0.4 is 15.6 Å². The lowest BCUT2D eigenvalue weighted by Gasteiger charge is -2.18. The van der Waals surface area contributed by atoms with Crippen LogP contribution in [0.25, 0.3) is 43.1 Å². The van der Waals surface area contributed by atoms with Crippen molar-refractivity contribution in [3.63, 3.8) is 0 Å². The Balaban J connectivity index is 2.35. The summed E-state index contributed by atoms with van der Waals surface area (Å²) in [7, 11) is 1.34. The molecule has 0 aliphatic heterocycles. The summed E-state index contributed by atoms with van der Waals surface area (Å²) in [5.74, 6) is -0.138. The molecule has 0 amide bonds. The standard InChI is InChI=1S/C21H12O5/c1-26-14-8-13(24)19-15-9-4-2-3-5-10(9)16(20(19)21(14)25)18-12(23)7-6-11(22)17(15)18/h2-8,22-23H,1H3. The first-order valence-corrected chi connectivity index (χ1v) is 8.03. The summed E-state index contributed by atoms with van der Waals surface area (Å²) < 4.78 is 5.08. The summed E-state index contributed by atoms with van der Waals surface area (Å²) in [5.41, 5.74) is -0.760. The van der Waals surface area contributed by atoms with E-state index >= 15 is 0 Å². The molecule has 26 heavy (non-hydrogen) atoms. The monoisotopic (exact) mass is 344 g/mol. The Morgan fingerprint density at radius 2 is 1.27 bits per heavy atom. The Kier molecular flexibility index (Phi) is 2.68. The van der Waals surface area contributed by atoms with Gasteiger partial charge in [0.2, 0.25) is 5.43 Å². The Bertz CT molecular complexity index is 1470. The topological polar surface area (TPSA) is 83.8 Å². The van der Waals surface area contributed by atoms with Gasteiger partial charge < -0.3 is 14.9 Å². The van der Waals surface area contributed by atoms with Crippen molar-refractivity contribution in [2.24, 2.45) is 0 Å². The van der Waals surface area contributed by atoms with Crippen molar-refractivity contribution in [2.45, 2.75) is 0 Å². The third kappa shape index (κ3) is 1.55. The molecule has 5 nitrogen and oxygen atoms in total. The minimum absolute atomic E-state index is 0.0342. The average molecular weight is 344 g/mol. The molecule has 5 heteroatoms. The van der Waals surface area contributed by atoms with Gasteiger partial charge in [-0.05, 0) is 22.9 Å². The smallest absolute Gasteiger partial charge is 0.229 e. The highest BCUT2D eigenvalue weighted by molar-refractivity contribution is 6.41. The van der Waals surface area contributed by atoms with Crippen molar-refractivity contribution >= 4 is 43.1 Å². The lowest BCUT2D eigenvalue weighted by Crippen LogP contribution is -2.15. The zero-order chi connectivity index (χ0) is 18.2. The quantitative estimate of drug-likeness (QED) is 0.360. The van der Waals surface area contributed by atoms with Gasteiger partial charge in [0.05, 0.1) is 7.11 Å². The van der Waals surface area contributed by atoms with Crippen LogP contribution in [0.15, 0.2) is 52.1 Å². The van der Waals surface area contributed by atoms with E-state index in [0.717, 1.165) is 10.8 Å². The Morgan fingerprint density at radius 3 is 1.81 bits per heavy atom. The number of phenols is 2. The van der Waals surface area contributed by atoms with E-state index in [1.54, 1.807) is 0 Å². The number of hydrogen-bond acceptors (Lipinski definition) is 5. The van der Waals surface area contributed by atoms with Gasteiger partial charge in [-0.2, -0.15) is 0 Å². The van der Waals surface area contributed by atoms with E-state index in [0.29, 0.717) is 21.5 Å². The molecule has 0 aliphatic rings. The summed E-state index contributed by atoms with van der Waals surface area (Å²) in [5, 5.41) is 24.6. The lowest BCUT2D eigenvalue weighted by atomic mass is 9.85. The Morgan fingerprint density at radius 1 is 0.731 bits per heavy atom. The van der Waals surface area contributed by atoms with Crippen LogP contribution in [0.1, 0.15) is 0 Å². The van der Waals surface area contributed by atoms with Crippen LogP contribution in [0.3, 0.4) is 0 Å². The second-order valence-electron chi connectivity index (χ2n) is 6.31. The SMILES string of the molecule is COc1cc(=O)c2c(c1=O)c1c3ccccc3c2c2c(O)ccc(O)c21. The molecule has 2 N–H and O–H groups in total. The summed E-state index contributed by atoms with van der Waals surface area (Å²) >= 11 is 0. The number of ether oxygens (including phenoxy) is 1. The minimum Gasteiger partial charge on any atom is -0.507 e. The summed E-state index contributed by atoms with van der Waals surface area (Å²) in [4.78, 5) is 25.8. The largest absolute Gasteiger partial charge is 0.507 e. The molecule has 126 valence electrons. The van der Waals surface area contributed by atoms with Gasteiger partial charge >= 0.3 is 0 Å². The third-order valence-electron chi connectivity index (χ3n) is 5.06. The highest BCUT2D eigenvalue weighted by Crippen LogP contribution is 2.48. The van der Waals surface area contributed by atoms with E-state index in [-0.39, 0.29) is 33.4 Å². The highest BCUT2D eigenvalue weighted by Gasteiger charge is 2.25. The van der Waals surface area contributed by atoms with Crippen molar-refractivity contribution in [3.05, 3.63) is 62.9 Å².